The summed E-state index contributed by atoms with van der Waals surface area (Å²) in [6.07, 6.45) is 1.98. The Morgan fingerprint density at radius 2 is 1.85 bits per heavy atom. The first-order valence-electron chi connectivity index (χ1n) is 12.3. The van der Waals surface area contributed by atoms with Crippen LogP contribution >= 0.6 is 0 Å². The van der Waals surface area contributed by atoms with Crippen LogP contribution in [0.25, 0.3) is 0 Å². The highest BCUT2D eigenvalue weighted by Crippen LogP contribution is 2.28. The second-order valence-corrected chi connectivity index (χ2v) is 9.22. The van der Waals surface area contributed by atoms with E-state index >= 15 is 0 Å². The number of benzene rings is 2. The summed E-state index contributed by atoms with van der Waals surface area (Å²) in [5.41, 5.74) is 3.25. The molecule has 34 heavy (non-hydrogen) atoms. The van der Waals surface area contributed by atoms with E-state index < -0.39 is 11.9 Å². The van der Waals surface area contributed by atoms with E-state index in [0.717, 1.165) is 62.4 Å². The third kappa shape index (κ3) is 6.81. The molecule has 0 aromatic heterocycles. The largest absolute Gasteiger partial charge is 0.494 e. The minimum Gasteiger partial charge on any atom is -0.494 e. The minimum atomic E-state index is -0.940. The molecule has 1 unspecified atom stereocenters. The summed E-state index contributed by atoms with van der Waals surface area (Å²) in [6, 6.07) is 16.1. The number of aliphatic carboxylic acids is 1. The molecule has 0 bridgehead atoms. The lowest BCUT2D eigenvalue weighted by Gasteiger charge is -2.27. The third-order valence-corrected chi connectivity index (χ3v) is 6.70. The van der Waals surface area contributed by atoms with Crippen molar-refractivity contribution in [1.29, 1.82) is 0 Å². The van der Waals surface area contributed by atoms with Crippen LogP contribution < -0.4 is 10.1 Å². The van der Waals surface area contributed by atoms with Gasteiger partial charge in [-0.25, -0.2) is 0 Å². The normalized spacial score (nSPS) is 18.9. The molecule has 2 aromatic carbocycles. The van der Waals surface area contributed by atoms with Gasteiger partial charge >= 0.3 is 5.97 Å². The molecule has 4 rings (SSSR count). The molecule has 1 amide bonds. The number of hydrogen-bond donors (Lipinski definition) is 2. The second kappa shape index (κ2) is 12.0. The number of ether oxygens (including phenoxy) is 1. The Bertz CT molecular complexity index is 960. The maximum absolute atomic E-state index is 13.2. The van der Waals surface area contributed by atoms with Gasteiger partial charge in [-0.15, -0.1) is 0 Å². The van der Waals surface area contributed by atoms with Gasteiger partial charge in [0, 0.05) is 45.8 Å². The van der Waals surface area contributed by atoms with Gasteiger partial charge in [-0.2, -0.15) is 0 Å². The highest BCUT2D eigenvalue weighted by atomic mass is 16.5. The van der Waals surface area contributed by atoms with Crippen LogP contribution in [0.15, 0.2) is 48.5 Å². The summed E-state index contributed by atoms with van der Waals surface area (Å²) >= 11 is 0. The lowest BCUT2D eigenvalue weighted by Crippen LogP contribution is -2.43. The zero-order chi connectivity index (χ0) is 23.8. The monoisotopic (exact) mass is 465 g/mol. The fourth-order valence-electron chi connectivity index (χ4n) is 4.81. The Morgan fingerprint density at radius 1 is 1.06 bits per heavy atom. The average Bonchev–Trinajstić information content (AvgIpc) is 2.97. The number of carboxylic acid groups (broad SMARTS) is 1. The molecule has 2 N–H and O–H groups in total. The number of amides is 1. The zero-order valence-electron chi connectivity index (χ0n) is 19.7. The lowest BCUT2D eigenvalue weighted by atomic mass is 9.94. The average molecular weight is 466 g/mol. The van der Waals surface area contributed by atoms with Crippen molar-refractivity contribution in [2.45, 2.75) is 32.2 Å². The maximum Gasteiger partial charge on any atom is 0.304 e. The molecule has 2 aliphatic heterocycles. The number of carboxylic acids is 1. The highest BCUT2D eigenvalue weighted by molar-refractivity contribution is 5.84. The predicted octanol–water partition coefficient (Wildman–Crippen LogP) is 2.58. The van der Waals surface area contributed by atoms with Gasteiger partial charge in [0.15, 0.2) is 0 Å². The fraction of sp³-hybridized carbons (Fsp3) is 0.481. The van der Waals surface area contributed by atoms with E-state index in [4.69, 9.17) is 4.74 Å². The van der Waals surface area contributed by atoms with Crippen molar-refractivity contribution in [3.8, 4) is 5.75 Å². The summed E-state index contributed by atoms with van der Waals surface area (Å²) in [5, 5.41) is 12.8. The molecule has 1 atom stereocenters. The van der Waals surface area contributed by atoms with Crippen molar-refractivity contribution in [3.05, 3.63) is 65.2 Å². The topological polar surface area (TPSA) is 82.1 Å². The van der Waals surface area contributed by atoms with Crippen LogP contribution in [0, 0.1) is 5.92 Å². The summed E-state index contributed by atoms with van der Waals surface area (Å²) in [6.45, 7) is 7.00. The molecule has 182 valence electrons. The SMILES string of the molecule is O=C(O)CC1Cc2cc(OCCCN3CCNCC3)ccc2CN(CCc2ccccc2)C1=O. The number of fused-ring (bicyclic) bond motifs is 1. The Morgan fingerprint density at radius 3 is 2.62 bits per heavy atom. The quantitative estimate of drug-likeness (QED) is 0.525. The van der Waals surface area contributed by atoms with Crippen molar-refractivity contribution in [3.63, 3.8) is 0 Å². The van der Waals surface area contributed by atoms with Crippen molar-refractivity contribution in [2.75, 3.05) is 45.9 Å². The number of carbonyl (C=O) groups excluding carboxylic acids is 1. The number of hydrogen-bond acceptors (Lipinski definition) is 5. The standard InChI is InChI=1S/C27H35N3O4/c31-26(32)19-24-17-23-18-25(34-16-4-12-29-14-10-28-11-15-29)8-7-22(23)20-30(27(24)33)13-9-21-5-2-1-3-6-21/h1-3,5-8,18,24,28H,4,9-17,19-20H2,(H,31,32). The lowest BCUT2D eigenvalue weighted by molar-refractivity contribution is -0.144. The third-order valence-electron chi connectivity index (χ3n) is 6.70. The number of rotatable bonds is 10. The van der Waals surface area contributed by atoms with Crippen LogP contribution in [0.3, 0.4) is 0 Å². The van der Waals surface area contributed by atoms with Gasteiger partial charge in [-0.3, -0.25) is 9.59 Å². The van der Waals surface area contributed by atoms with E-state index in [-0.39, 0.29) is 12.3 Å². The molecule has 0 radical (unpaired) electrons. The van der Waals surface area contributed by atoms with Gasteiger partial charge in [0.25, 0.3) is 0 Å². The van der Waals surface area contributed by atoms with Crippen molar-refractivity contribution >= 4 is 11.9 Å². The molecule has 0 aliphatic carbocycles. The first-order valence-corrected chi connectivity index (χ1v) is 12.3. The highest BCUT2D eigenvalue weighted by Gasteiger charge is 2.31. The van der Waals surface area contributed by atoms with Gasteiger partial charge in [0.2, 0.25) is 5.91 Å². The van der Waals surface area contributed by atoms with E-state index in [1.54, 1.807) is 0 Å². The van der Waals surface area contributed by atoms with Gasteiger partial charge in [-0.05, 0) is 48.1 Å². The van der Waals surface area contributed by atoms with Crippen LogP contribution in [-0.2, 0) is 29.0 Å². The van der Waals surface area contributed by atoms with Crippen LogP contribution in [-0.4, -0.2) is 72.7 Å². The fourth-order valence-corrected chi connectivity index (χ4v) is 4.81. The van der Waals surface area contributed by atoms with E-state index in [2.05, 4.69) is 22.3 Å². The van der Waals surface area contributed by atoms with Crippen molar-refractivity contribution < 1.29 is 19.4 Å². The number of nitrogens with zero attached hydrogens (tertiary/aromatic N) is 2. The molecule has 0 saturated carbocycles. The van der Waals surface area contributed by atoms with Gasteiger partial charge in [-0.1, -0.05) is 36.4 Å². The molecule has 7 nitrogen and oxygen atoms in total. The molecule has 0 spiro atoms. The molecule has 7 heteroatoms. The van der Waals surface area contributed by atoms with E-state index in [1.165, 1.54) is 5.56 Å². The predicted molar refractivity (Wildman–Crippen MR) is 131 cm³/mol. The van der Waals surface area contributed by atoms with E-state index in [0.29, 0.717) is 26.1 Å². The van der Waals surface area contributed by atoms with Crippen LogP contribution in [0.1, 0.15) is 29.5 Å². The van der Waals surface area contributed by atoms with Crippen LogP contribution in [0.5, 0.6) is 5.75 Å². The summed E-state index contributed by atoms with van der Waals surface area (Å²) in [5.74, 6) is -0.783. The van der Waals surface area contributed by atoms with E-state index in [1.807, 2.05) is 41.3 Å². The molecule has 1 saturated heterocycles. The molecule has 2 aromatic rings. The molecule has 2 aliphatic rings. The Kier molecular flexibility index (Phi) is 8.55. The Labute approximate surface area is 201 Å². The number of piperazine rings is 1. The second-order valence-electron chi connectivity index (χ2n) is 9.22. The number of nitrogens with one attached hydrogen (secondary N) is 1. The Balaban J connectivity index is 1.40. The minimum absolute atomic E-state index is 0.0759. The van der Waals surface area contributed by atoms with Crippen molar-refractivity contribution in [1.82, 2.24) is 15.1 Å². The first kappa shape index (κ1) is 24.2. The summed E-state index contributed by atoms with van der Waals surface area (Å²) < 4.78 is 6.02. The Hall–Kier alpha value is -2.90. The van der Waals surface area contributed by atoms with Gasteiger partial charge in [0.05, 0.1) is 18.9 Å². The van der Waals surface area contributed by atoms with E-state index in [9.17, 15) is 14.7 Å². The molecule has 2 heterocycles. The van der Waals surface area contributed by atoms with Gasteiger partial charge in [0.1, 0.15) is 5.75 Å². The molecule has 1 fully saturated rings. The molecular weight excluding hydrogens is 430 g/mol. The molecular formula is C27H35N3O4. The van der Waals surface area contributed by atoms with Gasteiger partial charge < -0.3 is 25.0 Å². The summed E-state index contributed by atoms with van der Waals surface area (Å²) in [7, 11) is 0. The zero-order valence-corrected chi connectivity index (χ0v) is 19.7. The summed E-state index contributed by atoms with van der Waals surface area (Å²) in [4.78, 5) is 29.0. The maximum atomic E-state index is 13.2. The number of carbonyl (C=O) groups is 2. The first-order chi connectivity index (χ1) is 16.6. The van der Waals surface area contributed by atoms with Crippen LogP contribution in [0.4, 0.5) is 0 Å². The smallest absolute Gasteiger partial charge is 0.304 e. The van der Waals surface area contributed by atoms with Crippen LogP contribution in [0.2, 0.25) is 0 Å². The van der Waals surface area contributed by atoms with Crippen molar-refractivity contribution in [2.24, 2.45) is 5.92 Å².